The van der Waals surface area contributed by atoms with Gasteiger partial charge in [0.25, 0.3) is 17.7 Å². The Balaban J connectivity index is 0.722. The summed E-state index contributed by atoms with van der Waals surface area (Å²) in [5.41, 5.74) is 3.62. The molecule has 3 heterocycles. The summed E-state index contributed by atoms with van der Waals surface area (Å²) in [6.07, 6.45) is 6.97. The molecule has 13 nitrogen and oxygen atoms in total. The molecule has 4 fully saturated rings. The third-order valence-corrected chi connectivity index (χ3v) is 14.0. The summed E-state index contributed by atoms with van der Waals surface area (Å²) in [6, 6.07) is 19.5. The molecule has 0 spiro atoms. The minimum Gasteiger partial charge on any atom is -0.490 e. The number of carbonyl (C=O) groups excluding carboxylic acids is 5. The third kappa shape index (κ3) is 8.32. The Morgan fingerprint density at radius 1 is 0.883 bits per heavy atom. The maximum absolute atomic E-state index is 13.4. The van der Waals surface area contributed by atoms with Crippen LogP contribution in [0.1, 0.15) is 108 Å². The number of ether oxygens (including phenoxy) is 1. The number of rotatable bonds is 13. The van der Waals surface area contributed by atoms with Crippen LogP contribution in [-0.2, 0) is 9.59 Å². The van der Waals surface area contributed by atoms with Crippen LogP contribution in [0.4, 0.5) is 11.4 Å². The van der Waals surface area contributed by atoms with Crippen molar-refractivity contribution in [2.45, 2.75) is 89.8 Å². The van der Waals surface area contributed by atoms with Gasteiger partial charge in [-0.2, -0.15) is 5.26 Å². The van der Waals surface area contributed by atoms with Crippen LogP contribution >= 0.6 is 11.6 Å². The molecular weight excluding hydrogens is 782 g/mol. The van der Waals surface area contributed by atoms with E-state index < -0.39 is 29.7 Å². The topological polar surface area (TPSA) is 164 Å². The summed E-state index contributed by atoms with van der Waals surface area (Å²) in [6.45, 7) is 10.2. The first kappa shape index (κ1) is 41.3. The number of benzene rings is 3. The highest BCUT2D eigenvalue weighted by Gasteiger charge is 2.59. The number of piperazine rings is 1. The second kappa shape index (κ2) is 16.9. The summed E-state index contributed by atoms with van der Waals surface area (Å²) < 4.78 is 6.33. The molecule has 3 aromatic carbocycles. The number of carbonyl (C=O) groups is 5. The lowest BCUT2D eigenvalue weighted by molar-refractivity contribution is -0.136. The first-order valence-electron chi connectivity index (χ1n) is 21.2. The number of amides is 5. The average Bonchev–Trinajstić information content (AvgIpc) is 3.72. The van der Waals surface area contributed by atoms with Crippen molar-refractivity contribution in [2.24, 2.45) is 10.8 Å². The molecule has 60 heavy (non-hydrogen) atoms. The van der Waals surface area contributed by atoms with Crippen molar-refractivity contribution in [1.29, 1.82) is 5.26 Å². The van der Waals surface area contributed by atoms with Gasteiger partial charge in [0.2, 0.25) is 11.8 Å². The fourth-order valence-corrected chi connectivity index (χ4v) is 10.4. The third-order valence-electron chi connectivity index (χ3n) is 13.7. The number of imide groups is 2. The molecule has 3 aliphatic heterocycles. The zero-order valence-corrected chi connectivity index (χ0v) is 35.0. The van der Waals surface area contributed by atoms with Crippen molar-refractivity contribution in [3.63, 3.8) is 0 Å². The number of nitriles is 1. The van der Waals surface area contributed by atoms with Crippen LogP contribution in [0, 0.1) is 22.2 Å². The summed E-state index contributed by atoms with van der Waals surface area (Å²) in [5.74, 6) is -1.36. The van der Waals surface area contributed by atoms with E-state index in [1.807, 2.05) is 18.2 Å². The fourth-order valence-electron chi connectivity index (χ4n) is 10.2. The summed E-state index contributed by atoms with van der Waals surface area (Å²) in [5, 5.41) is 18.5. The molecule has 8 rings (SSSR count). The van der Waals surface area contributed by atoms with Gasteiger partial charge in [-0.25, -0.2) is 0 Å². The van der Waals surface area contributed by atoms with Gasteiger partial charge in [-0.3, -0.25) is 39.1 Å². The Bertz CT molecular complexity index is 2220. The monoisotopic (exact) mass is 833 g/mol. The van der Waals surface area contributed by atoms with E-state index in [1.54, 1.807) is 30.3 Å². The molecule has 2 saturated heterocycles. The van der Waals surface area contributed by atoms with Gasteiger partial charge in [0.1, 0.15) is 17.9 Å². The smallest absolute Gasteiger partial charge is 0.262 e. The van der Waals surface area contributed by atoms with Crippen LogP contribution in [0.15, 0.2) is 60.7 Å². The number of anilines is 2. The highest BCUT2D eigenvalue weighted by Crippen LogP contribution is 2.63. The Morgan fingerprint density at radius 2 is 1.60 bits per heavy atom. The van der Waals surface area contributed by atoms with Crippen LogP contribution in [0.25, 0.3) is 0 Å². The van der Waals surface area contributed by atoms with Gasteiger partial charge >= 0.3 is 0 Å². The van der Waals surface area contributed by atoms with E-state index in [0.717, 1.165) is 100 Å². The van der Waals surface area contributed by atoms with Gasteiger partial charge in [-0.1, -0.05) is 31.9 Å². The summed E-state index contributed by atoms with van der Waals surface area (Å²) in [4.78, 5) is 69.2. The van der Waals surface area contributed by atoms with Crippen molar-refractivity contribution < 1.29 is 28.7 Å². The lowest BCUT2D eigenvalue weighted by Crippen LogP contribution is -2.54. The molecule has 5 amide bonds. The van der Waals surface area contributed by atoms with E-state index in [1.165, 1.54) is 0 Å². The zero-order valence-electron chi connectivity index (χ0n) is 34.2. The number of unbranched alkanes of at least 4 members (excludes halogenated alkanes) is 2. The summed E-state index contributed by atoms with van der Waals surface area (Å²) >= 11 is 6.24. The molecule has 14 heteroatoms. The van der Waals surface area contributed by atoms with E-state index in [9.17, 15) is 29.2 Å². The molecule has 5 atom stereocenters. The Hall–Kier alpha value is -5.45. The minimum absolute atomic E-state index is 0.0315. The van der Waals surface area contributed by atoms with E-state index in [0.29, 0.717) is 21.9 Å². The molecule has 2 aliphatic carbocycles. The zero-order chi connectivity index (χ0) is 42.2. The van der Waals surface area contributed by atoms with E-state index in [2.05, 4.69) is 57.8 Å². The first-order valence-corrected chi connectivity index (χ1v) is 21.5. The maximum Gasteiger partial charge on any atom is 0.262 e. The van der Waals surface area contributed by atoms with Crippen molar-refractivity contribution in [1.82, 2.24) is 20.4 Å². The summed E-state index contributed by atoms with van der Waals surface area (Å²) in [7, 11) is 0. The molecule has 314 valence electrons. The quantitative estimate of drug-likeness (QED) is 0.134. The Morgan fingerprint density at radius 3 is 2.28 bits per heavy atom. The number of nitrogens with zero attached hydrogens (tertiary/aromatic N) is 4. The first-order chi connectivity index (χ1) is 28.8. The van der Waals surface area contributed by atoms with Crippen LogP contribution in [-0.4, -0.2) is 96.8 Å². The molecule has 2 saturated carbocycles. The van der Waals surface area contributed by atoms with Gasteiger partial charge in [0.15, 0.2) is 0 Å². The molecule has 3 unspecified atom stereocenters. The van der Waals surface area contributed by atoms with Crippen molar-refractivity contribution >= 4 is 52.5 Å². The van der Waals surface area contributed by atoms with Gasteiger partial charge in [-0.15, -0.1) is 0 Å². The standard InChI is InChI=1S/C46H52ClN7O6/c1-45-24-32(25-46(45,2)27-35(26-45)60-34-12-8-30(28-48)38(47)23-34)50-41(56)29-6-10-33(11-7-29)53-20-18-52(19-21-53)17-5-3-4-16-49-31-9-13-36-37(22-31)44(59)54(43(36)58)39-14-15-40(55)51-42(39)57/h6-13,22-23,32,35,39,49H,3-5,14-21,24-27H2,1-2H3,(H,50,56)(H,51,55,57)/t32?,35?,39?,45-,46+. The van der Waals surface area contributed by atoms with Crippen LogP contribution in [0.3, 0.4) is 0 Å². The van der Waals surface area contributed by atoms with Gasteiger partial charge in [0.05, 0.1) is 27.8 Å². The lowest BCUT2D eigenvalue weighted by atomic mass is 9.71. The molecule has 5 aliphatic rings. The maximum atomic E-state index is 13.4. The van der Waals surface area contributed by atoms with Crippen LogP contribution in [0.5, 0.6) is 5.75 Å². The van der Waals surface area contributed by atoms with E-state index >= 15 is 0 Å². The number of hydrogen-bond donors (Lipinski definition) is 3. The molecule has 0 aromatic heterocycles. The number of hydrogen-bond acceptors (Lipinski definition) is 10. The van der Waals surface area contributed by atoms with E-state index in [4.69, 9.17) is 16.3 Å². The van der Waals surface area contributed by atoms with Crippen LogP contribution in [0.2, 0.25) is 5.02 Å². The minimum atomic E-state index is -0.972. The average molecular weight is 834 g/mol. The predicted octanol–water partition coefficient (Wildman–Crippen LogP) is 6.16. The van der Waals surface area contributed by atoms with E-state index in [-0.39, 0.29) is 52.9 Å². The largest absolute Gasteiger partial charge is 0.490 e. The van der Waals surface area contributed by atoms with Crippen LogP contribution < -0.4 is 25.6 Å². The molecular formula is C46H52ClN7O6. The lowest BCUT2D eigenvalue weighted by Gasteiger charge is -2.36. The molecule has 3 aromatic rings. The molecule has 0 bridgehead atoms. The molecule has 3 N–H and O–H groups in total. The SMILES string of the molecule is C[C@@]12CC(NC(=O)c3ccc(N4CCN(CCCCCNc5ccc6c(c5)C(=O)N(C5CCC(=O)NC5=O)C6=O)CC4)cc3)C[C@]1(C)CC(Oc1ccc(C#N)c(Cl)c1)C2. The predicted molar refractivity (Wildman–Crippen MR) is 227 cm³/mol. The van der Waals surface area contributed by atoms with Crippen molar-refractivity contribution in [3.05, 3.63) is 87.9 Å². The van der Waals surface area contributed by atoms with Gasteiger partial charge < -0.3 is 20.3 Å². The molecule has 0 radical (unpaired) electrons. The fraction of sp³-hybridized carbons (Fsp3) is 0.478. The Kier molecular flexibility index (Phi) is 11.6. The van der Waals surface area contributed by atoms with Gasteiger partial charge in [0, 0.05) is 68.2 Å². The number of piperidine rings is 1. The Labute approximate surface area is 355 Å². The second-order valence-corrected chi connectivity index (χ2v) is 18.1. The number of halogens is 1. The second-order valence-electron chi connectivity index (χ2n) is 17.7. The normalized spacial score (nSPS) is 26.4. The van der Waals surface area contributed by atoms with Gasteiger partial charge in [-0.05, 0) is 117 Å². The van der Waals surface area contributed by atoms with Crippen molar-refractivity contribution in [2.75, 3.05) is 49.5 Å². The number of nitrogens with one attached hydrogen (secondary N) is 3. The van der Waals surface area contributed by atoms with Crippen molar-refractivity contribution in [3.8, 4) is 11.8 Å². The number of fused-ring (bicyclic) bond motifs is 2. The highest BCUT2D eigenvalue weighted by molar-refractivity contribution is 6.31. The highest BCUT2D eigenvalue weighted by atomic mass is 35.5.